The van der Waals surface area contributed by atoms with Crippen molar-refractivity contribution in [1.29, 1.82) is 0 Å². The van der Waals surface area contributed by atoms with Gasteiger partial charge in [-0.1, -0.05) is 18.2 Å². The minimum Gasteiger partial charge on any atom is -0.387 e. The summed E-state index contributed by atoms with van der Waals surface area (Å²) < 4.78 is 25.2. The molecule has 2 aromatic rings. The Morgan fingerprint density at radius 2 is 1.89 bits per heavy atom. The van der Waals surface area contributed by atoms with Crippen LogP contribution in [-0.4, -0.2) is 68.9 Å². The van der Waals surface area contributed by atoms with E-state index in [0.717, 1.165) is 48.8 Å². The summed E-state index contributed by atoms with van der Waals surface area (Å²) in [6, 6.07) is 11.6. The normalized spacial score (nSPS) is 18.9. The topological polar surface area (TPSA) is 77.0 Å². The van der Waals surface area contributed by atoms with Crippen molar-refractivity contribution in [2.45, 2.75) is 12.5 Å². The number of pyridine rings is 1. The molecule has 0 amide bonds. The maximum Gasteiger partial charge on any atom is 0.232 e. The second kappa shape index (κ2) is 7.69. The summed E-state index contributed by atoms with van der Waals surface area (Å²) in [6.07, 6.45) is 3.14. The predicted molar refractivity (Wildman–Crippen MR) is 110 cm³/mol. The van der Waals surface area contributed by atoms with Crippen LogP contribution >= 0.6 is 0 Å². The number of aliphatic hydroxyl groups is 1. The number of hydrogen-bond acceptors (Lipinski definition) is 6. The van der Waals surface area contributed by atoms with E-state index in [1.807, 2.05) is 42.6 Å². The van der Waals surface area contributed by atoms with Gasteiger partial charge in [-0.2, -0.15) is 0 Å². The molecule has 1 fully saturated rings. The summed E-state index contributed by atoms with van der Waals surface area (Å²) in [7, 11) is -3.25. The van der Waals surface area contributed by atoms with Gasteiger partial charge in [0.05, 0.1) is 18.0 Å². The molecule has 2 aliphatic rings. The molecule has 1 atom stereocenters. The zero-order valence-electron chi connectivity index (χ0n) is 16.0. The van der Waals surface area contributed by atoms with Gasteiger partial charge in [0.2, 0.25) is 10.0 Å². The molecule has 4 rings (SSSR count). The number of nitrogens with zero attached hydrogens (tertiary/aromatic N) is 4. The van der Waals surface area contributed by atoms with Gasteiger partial charge in [-0.25, -0.2) is 13.4 Å². The summed E-state index contributed by atoms with van der Waals surface area (Å²) in [5.74, 6) is 0.997. The van der Waals surface area contributed by atoms with Crippen molar-refractivity contribution in [1.82, 2.24) is 9.88 Å². The Kier molecular flexibility index (Phi) is 5.27. The third-order valence-corrected chi connectivity index (χ3v) is 6.70. The average Bonchev–Trinajstić information content (AvgIpc) is 3.13. The number of fused-ring (bicyclic) bond motifs is 1. The van der Waals surface area contributed by atoms with E-state index in [9.17, 15) is 13.5 Å². The average molecular weight is 403 g/mol. The maximum atomic E-state index is 11.9. The molecule has 0 bridgehead atoms. The fourth-order valence-electron chi connectivity index (χ4n) is 3.99. The second-order valence-corrected chi connectivity index (χ2v) is 9.37. The lowest BCUT2D eigenvalue weighted by Crippen LogP contribution is -2.47. The van der Waals surface area contributed by atoms with Gasteiger partial charge in [0.25, 0.3) is 0 Å². The van der Waals surface area contributed by atoms with Crippen molar-refractivity contribution >= 4 is 21.5 Å². The van der Waals surface area contributed by atoms with Crippen LogP contribution in [0.25, 0.3) is 0 Å². The Morgan fingerprint density at radius 3 is 2.57 bits per heavy atom. The van der Waals surface area contributed by atoms with Crippen molar-refractivity contribution in [2.75, 3.05) is 54.7 Å². The van der Waals surface area contributed by atoms with Gasteiger partial charge >= 0.3 is 0 Å². The first-order valence-corrected chi connectivity index (χ1v) is 11.4. The fourth-order valence-corrected chi connectivity index (χ4v) is 4.95. The lowest BCUT2D eigenvalue weighted by molar-refractivity contribution is 0.109. The first kappa shape index (κ1) is 19.2. The van der Waals surface area contributed by atoms with Gasteiger partial charge in [-0.3, -0.25) is 9.21 Å². The molecule has 1 aromatic carbocycles. The summed E-state index contributed by atoms with van der Waals surface area (Å²) in [4.78, 5) is 8.93. The molecule has 28 heavy (non-hydrogen) atoms. The van der Waals surface area contributed by atoms with Crippen molar-refractivity contribution in [2.24, 2.45) is 0 Å². The molecule has 3 heterocycles. The first-order chi connectivity index (χ1) is 13.4. The molecular weight excluding hydrogens is 376 g/mol. The van der Waals surface area contributed by atoms with Gasteiger partial charge in [-0.05, 0) is 35.7 Å². The van der Waals surface area contributed by atoms with Gasteiger partial charge < -0.3 is 10.0 Å². The third kappa shape index (κ3) is 3.99. The number of anilines is 2. The van der Waals surface area contributed by atoms with Crippen LogP contribution in [0.2, 0.25) is 0 Å². The summed E-state index contributed by atoms with van der Waals surface area (Å²) >= 11 is 0. The van der Waals surface area contributed by atoms with Crippen LogP contribution in [0.1, 0.15) is 17.2 Å². The highest BCUT2D eigenvalue weighted by atomic mass is 32.2. The van der Waals surface area contributed by atoms with Crippen molar-refractivity contribution < 1.29 is 13.5 Å². The van der Waals surface area contributed by atoms with Crippen LogP contribution in [0.15, 0.2) is 42.6 Å². The molecule has 2 aliphatic heterocycles. The molecule has 7 nitrogen and oxygen atoms in total. The third-order valence-electron chi connectivity index (χ3n) is 5.52. The van der Waals surface area contributed by atoms with Gasteiger partial charge in [0.15, 0.2) is 0 Å². The highest BCUT2D eigenvalue weighted by Gasteiger charge is 2.27. The van der Waals surface area contributed by atoms with E-state index in [4.69, 9.17) is 0 Å². The van der Waals surface area contributed by atoms with E-state index in [0.29, 0.717) is 19.5 Å². The zero-order valence-corrected chi connectivity index (χ0v) is 16.8. The minimum absolute atomic E-state index is 0.475. The molecule has 1 aromatic heterocycles. The van der Waals surface area contributed by atoms with Crippen LogP contribution < -0.4 is 9.21 Å². The lowest BCUT2D eigenvalue weighted by Gasteiger charge is -2.36. The van der Waals surface area contributed by atoms with Gasteiger partial charge in [0, 0.05) is 45.5 Å². The molecule has 150 valence electrons. The fraction of sp³-hybridized carbons (Fsp3) is 0.450. The molecule has 0 aliphatic carbocycles. The summed E-state index contributed by atoms with van der Waals surface area (Å²) in [5.41, 5.74) is 2.57. The van der Waals surface area contributed by atoms with Gasteiger partial charge in [0.1, 0.15) is 5.82 Å². The monoisotopic (exact) mass is 402 g/mol. The van der Waals surface area contributed by atoms with Crippen LogP contribution in [0.5, 0.6) is 0 Å². The Morgan fingerprint density at radius 1 is 1.11 bits per heavy atom. The number of hydrogen-bond donors (Lipinski definition) is 1. The number of benzene rings is 1. The molecule has 0 saturated carbocycles. The highest BCUT2D eigenvalue weighted by molar-refractivity contribution is 7.92. The standard InChI is InChI=1S/C20H26N4O3S/c1-28(26,27)24-9-7-16-14-17(5-6-18(16)24)19(25)15-22-10-12-23(13-11-22)20-4-2-3-8-21-20/h2-6,8,14,19,25H,7,9-13,15H2,1H3. The van der Waals surface area contributed by atoms with Crippen LogP contribution in [-0.2, 0) is 16.4 Å². The number of piperazine rings is 1. The Bertz CT molecular complexity index is 928. The van der Waals surface area contributed by atoms with Crippen molar-refractivity contribution in [3.8, 4) is 0 Å². The van der Waals surface area contributed by atoms with E-state index >= 15 is 0 Å². The van der Waals surface area contributed by atoms with Crippen LogP contribution in [0, 0.1) is 0 Å². The van der Waals surface area contributed by atoms with E-state index in [-0.39, 0.29) is 0 Å². The molecule has 1 saturated heterocycles. The smallest absolute Gasteiger partial charge is 0.232 e. The summed E-state index contributed by atoms with van der Waals surface area (Å²) in [5, 5.41) is 10.7. The Hall–Kier alpha value is -2.16. The van der Waals surface area contributed by atoms with Crippen LogP contribution in [0.4, 0.5) is 11.5 Å². The SMILES string of the molecule is CS(=O)(=O)N1CCc2cc(C(O)CN3CCN(c4ccccn4)CC3)ccc21. The van der Waals surface area contributed by atoms with Crippen LogP contribution in [0.3, 0.4) is 0 Å². The number of β-amino-alcohol motifs (C(OH)–C–C–N with tert-alkyl or cyclic N) is 1. The first-order valence-electron chi connectivity index (χ1n) is 9.59. The number of aliphatic hydroxyl groups excluding tert-OH is 1. The summed E-state index contributed by atoms with van der Waals surface area (Å²) in [6.45, 7) is 4.57. The lowest BCUT2D eigenvalue weighted by atomic mass is 10.0. The van der Waals surface area contributed by atoms with E-state index in [1.165, 1.54) is 10.6 Å². The predicted octanol–water partition coefficient (Wildman–Crippen LogP) is 1.26. The quantitative estimate of drug-likeness (QED) is 0.811. The maximum absolute atomic E-state index is 11.9. The van der Waals surface area contributed by atoms with E-state index in [1.54, 1.807) is 0 Å². The molecular formula is C20H26N4O3S. The minimum atomic E-state index is -3.25. The van der Waals surface area contributed by atoms with Gasteiger partial charge in [-0.15, -0.1) is 0 Å². The van der Waals surface area contributed by atoms with E-state index < -0.39 is 16.1 Å². The molecule has 0 spiro atoms. The number of rotatable bonds is 5. The highest BCUT2D eigenvalue weighted by Crippen LogP contribution is 2.32. The van der Waals surface area contributed by atoms with Crippen molar-refractivity contribution in [3.63, 3.8) is 0 Å². The Balaban J connectivity index is 1.37. The molecule has 0 radical (unpaired) electrons. The zero-order chi connectivity index (χ0) is 19.7. The molecule has 1 N–H and O–H groups in total. The number of sulfonamides is 1. The van der Waals surface area contributed by atoms with E-state index in [2.05, 4.69) is 14.8 Å². The second-order valence-electron chi connectivity index (χ2n) is 7.46. The molecule has 8 heteroatoms. The number of aromatic nitrogens is 1. The van der Waals surface area contributed by atoms with Crippen molar-refractivity contribution in [3.05, 3.63) is 53.7 Å². The Labute approximate surface area is 166 Å². The molecule has 1 unspecified atom stereocenters. The largest absolute Gasteiger partial charge is 0.387 e.